The summed E-state index contributed by atoms with van der Waals surface area (Å²) >= 11 is 3.13. The van der Waals surface area contributed by atoms with Gasteiger partial charge in [0.05, 0.1) is 5.56 Å². The van der Waals surface area contributed by atoms with E-state index in [1.807, 2.05) is 0 Å². The Morgan fingerprint density at radius 2 is 2.17 bits per heavy atom. The fraction of sp³-hybridized carbons (Fsp3) is 0. The predicted octanol–water partition coefficient (Wildman–Crippen LogP) is 1.36. The van der Waals surface area contributed by atoms with E-state index in [9.17, 15) is 9.59 Å². The number of rotatable bonds is 2. The van der Waals surface area contributed by atoms with Crippen LogP contribution in [0.3, 0.4) is 0 Å². The molecule has 0 radical (unpaired) electrons. The van der Waals surface area contributed by atoms with Gasteiger partial charge >= 0.3 is 0 Å². The van der Waals surface area contributed by atoms with Gasteiger partial charge in [0.25, 0.3) is 0 Å². The van der Waals surface area contributed by atoms with Crippen LogP contribution in [0.25, 0.3) is 0 Å². The summed E-state index contributed by atoms with van der Waals surface area (Å²) in [6, 6.07) is 4.60. The van der Waals surface area contributed by atoms with Gasteiger partial charge in [-0.05, 0) is 28.1 Å². The van der Waals surface area contributed by atoms with E-state index in [4.69, 9.17) is 5.73 Å². The lowest BCUT2D eigenvalue weighted by Gasteiger charge is -1.98. The Balaban J connectivity index is 3.20. The van der Waals surface area contributed by atoms with Gasteiger partial charge in [-0.25, -0.2) is 0 Å². The molecular formula is C8H6BrNO2. The van der Waals surface area contributed by atoms with E-state index < -0.39 is 5.91 Å². The minimum Gasteiger partial charge on any atom is -0.366 e. The molecule has 0 aliphatic rings. The first-order chi connectivity index (χ1) is 5.65. The minimum atomic E-state index is -0.515. The molecule has 0 spiro atoms. The molecule has 0 saturated heterocycles. The number of hydrogen-bond donors (Lipinski definition) is 1. The second-order valence-corrected chi connectivity index (χ2v) is 3.08. The van der Waals surface area contributed by atoms with Gasteiger partial charge in [-0.2, -0.15) is 0 Å². The van der Waals surface area contributed by atoms with Gasteiger partial charge in [0.2, 0.25) is 5.91 Å². The molecule has 0 aliphatic heterocycles. The highest BCUT2D eigenvalue weighted by atomic mass is 79.9. The number of halogens is 1. The molecule has 0 saturated carbocycles. The van der Waals surface area contributed by atoms with Crippen molar-refractivity contribution in [2.24, 2.45) is 5.73 Å². The average Bonchev–Trinajstić information content (AvgIpc) is 2.03. The molecule has 0 aromatic heterocycles. The number of aldehydes is 1. The van der Waals surface area contributed by atoms with Crippen LogP contribution >= 0.6 is 15.9 Å². The minimum absolute atomic E-state index is 0.376. The van der Waals surface area contributed by atoms with Gasteiger partial charge in [0.1, 0.15) is 6.29 Å². The van der Waals surface area contributed by atoms with Crippen LogP contribution in [0.4, 0.5) is 0 Å². The first-order valence-corrected chi connectivity index (χ1v) is 3.99. The monoisotopic (exact) mass is 227 g/mol. The Labute approximate surface area is 77.7 Å². The highest BCUT2D eigenvalue weighted by Crippen LogP contribution is 2.17. The van der Waals surface area contributed by atoms with Gasteiger partial charge in [-0.15, -0.1) is 0 Å². The third-order valence-corrected chi connectivity index (χ3v) is 2.05. The van der Waals surface area contributed by atoms with Crippen molar-refractivity contribution in [2.45, 2.75) is 0 Å². The number of carbonyl (C=O) groups is 2. The number of hydrogen-bond acceptors (Lipinski definition) is 2. The van der Waals surface area contributed by atoms with Crippen LogP contribution in [0, 0.1) is 0 Å². The van der Waals surface area contributed by atoms with Crippen LogP contribution in [0.15, 0.2) is 22.7 Å². The SMILES string of the molecule is NC(=O)c1ccc(C=O)cc1Br. The Hall–Kier alpha value is -1.16. The lowest BCUT2D eigenvalue weighted by molar-refractivity contribution is 0.0998. The van der Waals surface area contributed by atoms with Crippen LogP contribution in [0.5, 0.6) is 0 Å². The molecule has 3 nitrogen and oxygen atoms in total. The zero-order valence-electron chi connectivity index (χ0n) is 6.08. The largest absolute Gasteiger partial charge is 0.366 e. The van der Waals surface area contributed by atoms with E-state index in [2.05, 4.69) is 15.9 Å². The zero-order chi connectivity index (χ0) is 9.14. The molecule has 1 aromatic carbocycles. The van der Waals surface area contributed by atoms with E-state index >= 15 is 0 Å². The third-order valence-electron chi connectivity index (χ3n) is 1.39. The molecule has 0 bridgehead atoms. The summed E-state index contributed by atoms with van der Waals surface area (Å²) in [5.74, 6) is -0.515. The summed E-state index contributed by atoms with van der Waals surface area (Å²) in [4.78, 5) is 21.0. The molecule has 0 unspecified atom stereocenters. The highest BCUT2D eigenvalue weighted by molar-refractivity contribution is 9.10. The van der Waals surface area contributed by atoms with Crippen molar-refractivity contribution in [3.05, 3.63) is 33.8 Å². The molecule has 62 valence electrons. The Morgan fingerprint density at radius 1 is 1.50 bits per heavy atom. The summed E-state index contributed by atoms with van der Waals surface area (Å²) in [6.45, 7) is 0. The normalized spacial score (nSPS) is 9.42. The summed E-state index contributed by atoms with van der Waals surface area (Å²) in [5.41, 5.74) is 5.93. The summed E-state index contributed by atoms with van der Waals surface area (Å²) in [7, 11) is 0. The number of amides is 1. The summed E-state index contributed by atoms with van der Waals surface area (Å²) in [5, 5.41) is 0. The lowest BCUT2D eigenvalue weighted by Crippen LogP contribution is -2.11. The first kappa shape index (κ1) is 8.93. The molecule has 1 amide bonds. The Kier molecular flexibility index (Phi) is 2.60. The summed E-state index contributed by atoms with van der Waals surface area (Å²) < 4.78 is 0.541. The number of benzene rings is 1. The fourth-order valence-electron chi connectivity index (χ4n) is 0.804. The lowest BCUT2D eigenvalue weighted by atomic mass is 10.1. The zero-order valence-corrected chi connectivity index (χ0v) is 7.67. The number of carbonyl (C=O) groups excluding carboxylic acids is 2. The molecule has 1 rings (SSSR count). The van der Waals surface area contributed by atoms with Crippen molar-refractivity contribution in [1.82, 2.24) is 0 Å². The van der Waals surface area contributed by atoms with Crippen LogP contribution in [0.2, 0.25) is 0 Å². The van der Waals surface area contributed by atoms with Crippen LogP contribution in [-0.2, 0) is 0 Å². The van der Waals surface area contributed by atoms with Crippen LogP contribution in [-0.4, -0.2) is 12.2 Å². The first-order valence-electron chi connectivity index (χ1n) is 3.19. The number of primary amides is 1. The van der Waals surface area contributed by atoms with Gasteiger partial charge in [-0.1, -0.05) is 6.07 Å². The molecule has 0 atom stereocenters. The maximum Gasteiger partial charge on any atom is 0.249 e. The molecule has 12 heavy (non-hydrogen) atoms. The van der Waals surface area contributed by atoms with Gasteiger partial charge < -0.3 is 5.73 Å². The predicted molar refractivity (Wildman–Crippen MR) is 48.0 cm³/mol. The molecule has 0 fully saturated rings. The van der Waals surface area contributed by atoms with Crippen molar-refractivity contribution in [3.8, 4) is 0 Å². The van der Waals surface area contributed by atoms with Crippen molar-refractivity contribution in [1.29, 1.82) is 0 Å². The second-order valence-electron chi connectivity index (χ2n) is 2.22. The Bertz CT molecular complexity index is 336. The third kappa shape index (κ3) is 1.71. The van der Waals surface area contributed by atoms with E-state index in [-0.39, 0.29) is 0 Å². The summed E-state index contributed by atoms with van der Waals surface area (Å²) in [6.07, 6.45) is 0.704. The second kappa shape index (κ2) is 3.49. The number of nitrogens with two attached hydrogens (primary N) is 1. The van der Waals surface area contributed by atoms with E-state index in [1.165, 1.54) is 12.1 Å². The van der Waals surface area contributed by atoms with Gasteiger partial charge in [0.15, 0.2) is 0 Å². The van der Waals surface area contributed by atoms with Crippen molar-refractivity contribution in [3.63, 3.8) is 0 Å². The van der Waals surface area contributed by atoms with Gasteiger partial charge in [-0.3, -0.25) is 9.59 Å². The molecule has 2 N–H and O–H groups in total. The Morgan fingerprint density at radius 3 is 2.58 bits per heavy atom. The molecule has 0 heterocycles. The van der Waals surface area contributed by atoms with E-state index in [0.717, 1.165) is 0 Å². The highest BCUT2D eigenvalue weighted by Gasteiger charge is 2.05. The average molecular weight is 228 g/mol. The maximum atomic E-state index is 10.7. The standard InChI is InChI=1S/C8H6BrNO2/c9-7-3-5(4-11)1-2-6(7)8(10)12/h1-4H,(H2,10,12). The van der Waals surface area contributed by atoms with E-state index in [1.54, 1.807) is 6.07 Å². The van der Waals surface area contributed by atoms with Crippen LogP contribution in [0.1, 0.15) is 20.7 Å². The smallest absolute Gasteiger partial charge is 0.249 e. The van der Waals surface area contributed by atoms with Gasteiger partial charge in [0, 0.05) is 10.0 Å². The molecular weight excluding hydrogens is 222 g/mol. The fourth-order valence-corrected chi connectivity index (χ4v) is 1.40. The molecule has 1 aromatic rings. The van der Waals surface area contributed by atoms with Crippen LogP contribution < -0.4 is 5.73 Å². The molecule has 0 aliphatic carbocycles. The van der Waals surface area contributed by atoms with Crippen molar-refractivity contribution >= 4 is 28.1 Å². The maximum absolute atomic E-state index is 10.7. The quantitative estimate of drug-likeness (QED) is 0.776. The topological polar surface area (TPSA) is 60.2 Å². The van der Waals surface area contributed by atoms with Crippen molar-refractivity contribution < 1.29 is 9.59 Å². The van der Waals surface area contributed by atoms with E-state index in [0.29, 0.717) is 21.9 Å². The van der Waals surface area contributed by atoms with Crippen molar-refractivity contribution in [2.75, 3.05) is 0 Å². The molecule has 4 heteroatoms.